The summed E-state index contributed by atoms with van der Waals surface area (Å²) in [7, 11) is 0. The van der Waals surface area contributed by atoms with Gasteiger partial charge in [-0.25, -0.2) is 0 Å². The lowest BCUT2D eigenvalue weighted by Crippen LogP contribution is -2.20. The zero-order valence-corrected chi connectivity index (χ0v) is 39.6. The first-order valence-electron chi connectivity index (χ1n) is 22.5. The molecule has 0 spiro atoms. The smallest absolute Gasteiger partial charge is 0.185 e. The van der Waals surface area contributed by atoms with Gasteiger partial charge in [0.1, 0.15) is 0 Å². The van der Waals surface area contributed by atoms with Crippen LogP contribution in [0.3, 0.4) is 0 Å². The summed E-state index contributed by atoms with van der Waals surface area (Å²) >= 11 is 1.40. The molecule has 4 aromatic heterocycles. The normalized spacial score (nSPS) is 12.7. The molecular formula is C58H58N4OS. The van der Waals surface area contributed by atoms with Crippen molar-refractivity contribution < 1.29 is 4.79 Å². The van der Waals surface area contributed by atoms with Gasteiger partial charge in [0.2, 0.25) is 0 Å². The number of carbonyl (C=O) groups is 1. The van der Waals surface area contributed by atoms with Crippen molar-refractivity contribution in [1.82, 2.24) is 19.9 Å². The summed E-state index contributed by atoms with van der Waals surface area (Å²) in [6.07, 6.45) is 1.88. The summed E-state index contributed by atoms with van der Waals surface area (Å²) in [4.78, 5) is 27.6. The van der Waals surface area contributed by atoms with E-state index in [-0.39, 0.29) is 5.12 Å². The molecule has 4 aromatic carbocycles. The number of carbonyl (C=O) groups excluding carboxylic acids is 1. The van der Waals surface area contributed by atoms with Gasteiger partial charge < -0.3 is 19.9 Å². The van der Waals surface area contributed by atoms with Gasteiger partial charge >= 0.3 is 0 Å². The first-order chi connectivity index (χ1) is 30.7. The zero-order valence-electron chi connectivity index (χ0n) is 38.8. The predicted molar refractivity (Wildman–Crippen MR) is 268 cm³/mol. The number of hydrogen-bond acceptors (Lipinski definition) is 2. The number of hydrogen-bond donors (Lipinski definition) is 4. The summed E-state index contributed by atoms with van der Waals surface area (Å²) in [6.45, 7) is 21.6. The van der Waals surface area contributed by atoms with Crippen LogP contribution in [0.1, 0.15) is 114 Å². The molecule has 64 heavy (non-hydrogen) atoms. The van der Waals surface area contributed by atoms with Gasteiger partial charge in [-0.3, -0.25) is 4.79 Å². The number of rotatable bonds is 8. The minimum Gasteiger partial charge on any atom is -0.354 e. The fraction of sp³-hybridized carbons (Fsp3) is 0.224. The lowest BCUT2D eigenvalue weighted by molar-refractivity contribution is -0.109. The van der Waals surface area contributed by atoms with E-state index in [0.717, 1.165) is 90.6 Å². The third-order valence-corrected chi connectivity index (χ3v) is 13.7. The van der Waals surface area contributed by atoms with E-state index in [1.54, 1.807) is 6.92 Å². The quantitative estimate of drug-likeness (QED) is 0.115. The van der Waals surface area contributed by atoms with E-state index in [0.29, 0.717) is 0 Å². The van der Waals surface area contributed by atoms with Crippen molar-refractivity contribution in [3.05, 3.63) is 231 Å². The largest absolute Gasteiger partial charge is 0.354 e. The van der Waals surface area contributed by atoms with Crippen molar-refractivity contribution in [2.45, 2.75) is 82.1 Å². The van der Waals surface area contributed by atoms with Crippen molar-refractivity contribution in [1.29, 1.82) is 0 Å². The molecule has 1 aliphatic heterocycles. The van der Waals surface area contributed by atoms with E-state index < -0.39 is 0 Å². The highest BCUT2D eigenvalue weighted by atomic mass is 32.2. The number of thioether (sulfide) groups is 1. The third-order valence-electron chi connectivity index (χ3n) is 12.8. The molecule has 0 fully saturated rings. The van der Waals surface area contributed by atoms with Crippen molar-refractivity contribution >= 4 is 39.2 Å². The summed E-state index contributed by atoms with van der Waals surface area (Å²) in [5, 5.41) is 4.34. The van der Waals surface area contributed by atoms with Crippen molar-refractivity contribution in [3.63, 3.8) is 0 Å². The van der Waals surface area contributed by atoms with Gasteiger partial charge in [0, 0.05) is 79.1 Å². The number of aromatic amines is 4. The molecule has 322 valence electrons. The molecule has 8 aromatic rings. The second-order valence-corrected chi connectivity index (χ2v) is 19.4. The molecule has 6 heteroatoms. The average molecular weight is 859 g/mol. The van der Waals surface area contributed by atoms with Gasteiger partial charge in [-0.15, -0.1) is 0 Å². The summed E-state index contributed by atoms with van der Waals surface area (Å²) in [5.41, 5.74) is 25.9. The minimum absolute atomic E-state index is 0.174. The van der Waals surface area contributed by atoms with Crippen molar-refractivity contribution in [2.75, 3.05) is 5.75 Å². The number of aromatic nitrogens is 4. The standard InChI is InChI=1S/C58H58N4OS/c1-32-26-35(4)52(36(5)27-32)56-46-19-17-44(59-46)55(43-15-13-42(14-16-43)12-11-25-64-41(10)63)45-18-20-47(60-45)57(53-37(6)28-33(2)29-38(53)7)49-22-24-51(62-49)58(50-23-21-48(56)61-50)54-39(8)30-34(3)31-40(54)9/h13-24,26-31,59-62H,11-12,25H2,1-10H3. The van der Waals surface area contributed by atoms with Gasteiger partial charge in [-0.1, -0.05) is 89.1 Å². The van der Waals surface area contributed by atoms with Crippen LogP contribution in [-0.4, -0.2) is 30.8 Å². The molecule has 9 rings (SSSR count). The molecular weight excluding hydrogens is 801 g/mol. The maximum absolute atomic E-state index is 11.6. The molecule has 4 N–H and O–H groups in total. The Hall–Kier alpha value is -6.50. The van der Waals surface area contributed by atoms with Crippen molar-refractivity contribution in [3.8, 4) is 0 Å². The number of aryl methyl sites for hydroxylation is 10. The Kier molecular flexibility index (Phi) is 11.5. The van der Waals surface area contributed by atoms with Gasteiger partial charge in [-0.2, -0.15) is 0 Å². The minimum atomic E-state index is 0.174. The first kappa shape index (κ1) is 42.8. The number of fused-ring (bicyclic) bond motifs is 8. The van der Waals surface area contributed by atoms with Crippen LogP contribution in [0, 0.1) is 62.3 Å². The van der Waals surface area contributed by atoms with Crippen LogP contribution in [-0.2, 0) is 11.2 Å². The van der Waals surface area contributed by atoms with E-state index in [1.165, 1.54) is 84.1 Å². The maximum Gasteiger partial charge on any atom is 0.185 e. The Morgan fingerprint density at radius 1 is 0.422 bits per heavy atom. The molecule has 1 aliphatic rings. The summed E-state index contributed by atoms with van der Waals surface area (Å²) in [5.74, 6) is 0.831. The van der Waals surface area contributed by atoms with E-state index in [2.05, 4.69) is 191 Å². The number of benzene rings is 4. The Balaban J connectivity index is 1.39. The average Bonchev–Trinajstić information content (AvgIpc) is 4.07. The van der Waals surface area contributed by atoms with Gasteiger partial charge in [0.15, 0.2) is 5.12 Å². The van der Waals surface area contributed by atoms with Gasteiger partial charge in [-0.05, 0) is 185 Å². The fourth-order valence-corrected chi connectivity index (χ4v) is 11.1. The maximum atomic E-state index is 11.6. The second-order valence-electron chi connectivity index (χ2n) is 18.1. The second kappa shape index (κ2) is 17.2. The Bertz CT molecular complexity index is 3330. The molecule has 0 amide bonds. The highest BCUT2D eigenvalue weighted by Crippen LogP contribution is 2.34. The van der Waals surface area contributed by atoms with Crippen LogP contribution in [0.4, 0.5) is 0 Å². The molecule has 5 heterocycles. The molecule has 0 atom stereocenters. The Morgan fingerprint density at radius 3 is 1.09 bits per heavy atom. The zero-order chi connectivity index (χ0) is 45.0. The van der Waals surface area contributed by atoms with E-state index in [9.17, 15) is 4.79 Å². The monoisotopic (exact) mass is 858 g/mol. The molecule has 8 bridgehead atoms. The van der Waals surface area contributed by atoms with Crippen LogP contribution in [0.5, 0.6) is 0 Å². The fourth-order valence-electron chi connectivity index (χ4n) is 10.5. The lowest BCUT2D eigenvalue weighted by Gasteiger charge is -2.16. The SMILES string of the molecule is CC(=O)SCCCc1ccc(C2=c3ccc([nH]3)=C(c3c(C)cc(C)cc3C)c3ccc([nH]3)C(c3c(C)cc(C)cc3C)=c3ccc([nH]3)=C(c3c(C)cc(C)cc3C)c3ccc2[nH]3)cc1. The van der Waals surface area contributed by atoms with E-state index in [1.807, 2.05) is 0 Å². The Labute approximate surface area is 381 Å². The van der Waals surface area contributed by atoms with E-state index in [4.69, 9.17) is 0 Å². The third kappa shape index (κ3) is 8.12. The molecule has 0 aliphatic carbocycles. The highest BCUT2D eigenvalue weighted by molar-refractivity contribution is 8.13. The van der Waals surface area contributed by atoms with Crippen LogP contribution in [0.15, 0.2) is 109 Å². The first-order valence-corrected chi connectivity index (χ1v) is 23.5. The summed E-state index contributed by atoms with van der Waals surface area (Å²) < 4.78 is 0. The van der Waals surface area contributed by atoms with Crippen LogP contribution < -0.4 is 21.4 Å². The van der Waals surface area contributed by atoms with Gasteiger partial charge in [0.05, 0.1) is 0 Å². The van der Waals surface area contributed by atoms with Crippen LogP contribution in [0.2, 0.25) is 0 Å². The number of H-pyrrole nitrogens is 4. The van der Waals surface area contributed by atoms with Crippen molar-refractivity contribution in [2.24, 2.45) is 0 Å². The van der Waals surface area contributed by atoms with Crippen LogP contribution in [0.25, 0.3) is 22.3 Å². The highest BCUT2D eigenvalue weighted by Gasteiger charge is 2.22. The lowest BCUT2D eigenvalue weighted by atomic mass is 9.91. The van der Waals surface area contributed by atoms with Crippen LogP contribution >= 0.6 is 11.8 Å². The Morgan fingerprint density at radius 2 is 0.750 bits per heavy atom. The molecule has 0 saturated carbocycles. The van der Waals surface area contributed by atoms with E-state index >= 15 is 0 Å². The number of nitrogens with one attached hydrogen (secondary N) is 4. The predicted octanol–water partition coefficient (Wildman–Crippen LogP) is 10.3. The molecule has 5 nitrogen and oxygen atoms in total. The van der Waals surface area contributed by atoms with Gasteiger partial charge in [0.25, 0.3) is 0 Å². The molecule has 0 saturated heterocycles. The molecule has 0 radical (unpaired) electrons. The topological polar surface area (TPSA) is 80.2 Å². The summed E-state index contributed by atoms with van der Waals surface area (Å²) in [6, 6.07) is 40.8. The molecule has 0 unspecified atom stereocenters.